The fourth-order valence-electron chi connectivity index (χ4n) is 3.56. The van der Waals surface area contributed by atoms with Crippen molar-refractivity contribution < 1.29 is 9.84 Å². The summed E-state index contributed by atoms with van der Waals surface area (Å²) in [5, 5.41) is 11.8. The third-order valence-electron chi connectivity index (χ3n) is 4.89. The smallest absolute Gasteiger partial charge is 0.216 e. The van der Waals surface area contributed by atoms with Gasteiger partial charge in [0, 0.05) is 10.9 Å². The molecular weight excluding hydrogens is 274 g/mol. The maximum atomic E-state index is 10.7. The van der Waals surface area contributed by atoms with Gasteiger partial charge in [-0.1, -0.05) is 32.3 Å². The van der Waals surface area contributed by atoms with Crippen LogP contribution in [0, 0.1) is 5.92 Å². The number of aliphatic hydroxyl groups excluding tert-OH is 1. The van der Waals surface area contributed by atoms with Gasteiger partial charge < -0.3 is 9.84 Å². The zero-order chi connectivity index (χ0) is 15.5. The van der Waals surface area contributed by atoms with Gasteiger partial charge in [0.25, 0.3) is 0 Å². The average molecular weight is 299 g/mol. The number of hydrogen-bond acceptors (Lipinski definition) is 3. The molecule has 22 heavy (non-hydrogen) atoms. The van der Waals surface area contributed by atoms with Crippen LogP contribution in [0.1, 0.15) is 56.3 Å². The van der Waals surface area contributed by atoms with Crippen LogP contribution in [0.5, 0.6) is 5.88 Å². The van der Waals surface area contributed by atoms with Gasteiger partial charge in [-0.25, -0.2) is 4.98 Å². The Bertz CT molecular complexity index is 647. The number of aliphatic hydroxyl groups is 1. The van der Waals surface area contributed by atoms with Crippen LogP contribution in [0.2, 0.25) is 0 Å². The summed E-state index contributed by atoms with van der Waals surface area (Å²) in [5.41, 5.74) is 3.06. The maximum absolute atomic E-state index is 10.7. The van der Waals surface area contributed by atoms with Crippen LogP contribution in [-0.2, 0) is 6.42 Å². The summed E-state index contributed by atoms with van der Waals surface area (Å²) in [7, 11) is 1.66. The van der Waals surface area contributed by atoms with Gasteiger partial charge in [0.1, 0.15) is 0 Å². The topological polar surface area (TPSA) is 42.4 Å². The maximum Gasteiger partial charge on any atom is 0.216 e. The number of rotatable bonds is 4. The molecule has 118 valence electrons. The van der Waals surface area contributed by atoms with Crippen molar-refractivity contribution in [1.82, 2.24) is 4.98 Å². The van der Waals surface area contributed by atoms with E-state index in [0.717, 1.165) is 41.3 Å². The molecule has 0 radical (unpaired) electrons. The predicted octanol–water partition coefficient (Wildman–Crippen LogP) is 4.42. The highest BCUT2D eigenvalue weighted by Gasteiger charge is 2.23. The van der Waals surface area contributed by atoms with Crippen molar-refractivity contribution in [3.8, 4) is 5.88 Å². The number of methoxy groups -OCH3 is 1. The van der Waals surface area contributed by atoms with E-state index in [0.29, 0.717) is 11.8 Å². The number of pyridine rings is 1. The molecule has 3 heteroatoms. The molecule has 1 aliphatic carbocycles. The van der Waals surface area contributed by atoms with E-state index in [1.807, 2.05) is 12.1 Å². The second-order valence-corrected chi connectivity index (χ2v) is 6.31. The van der Waals surface area contributed by atoms with Crippen LogP contribution in [0.15, 0.2) is 24.3 Å². The Labute approximate surface area is 132 Å². The molecule has 1 N–H and O–H groups in total. The van der Waals surface area contributed by atoms with E-state index in [-0.39, 0.29) is 6.10 Å². The Kier molecular flexibility index (Phi) is 4.63. The van der Waals surface area contributed by atoms with E-state index < -0.39 is 0 Å². The van der Waals surface area contributed by atoms with Crippen LogP contribution >= 0.6 is 0 Å². The summed E-state index contributed by atoms with van der Waals surface area (Å²) in [4.78, 5) is 4.57. The van der Waals surface area contributed by atoms with Crippen LogP contribution < -0.4 is 4.74 Å². The van der Waals surface area contributed by atoms with Crippen LogP contribution in [0.3, 0.4) is 0 Å². The monoisotopic (exact) mass is 299 g/mol. The molecule has 1 fully saturated rings. The number of aryl methyl sites for hydroxylation is 1. The number of fused-ring (bicyclic) bond motifs is 1. The molecule has 3 nitrogen and oxygen atoms in total. The Morgan fingerprint density at radius 2 is 2.00 bits per heavy atom. The highest BCUT2D eigenvalue weighted by molar-refractivity contribution is 5.81. The lowest BCUT2D eigenvalue weighted by Gasteiger charge is -2.27. The standard InChI is InChI=1S/C19H25NO2/c1-3-13-11-16-12-15(9-10-17(16)20-19(13)22-2)18(21)14-7-5-4-6-8-14/h9-12,14,18,21H,3-8H2,1-2H3. The zero-order valence-corrected chi connectivity index (χ0v) is 13.5. The number of ether oxygens (including phenoxy) is 1. The number of aromatic nitrogens is 1. The fourth-order valence-corrected chi connectivity index (χ4v) is 3.56. The lowest BCUT2D eigenvalue weighted by molar-refractivity contribution is 0.0849. The average Bonchev–Trinajstić information content (AvgIpc) is 2.60. The number of benzene rings is 1. The minimum absolute atomic E-state index is 0.350. The van der Waals surface area contributed by atoms with Gasteiger partial charge >= 0.3 is 0 Å². The van der Waals surface area contributed by atoms with Gasteiger partial charge in [-0.2, -0.15) is 0 Å². The van der Waals surface area contributed by atoms with Crippen LogP contribution in [0.4, 0.5) is 0 Å². The normalized spacial score (nSPS) is 17.6. The molecule has 0 amide bonds. The van der Waals surface area contributed by atoms with Crippen molar-refractivity contribution in [3.63, 3.8) is 0 Å². The molecule has 0 spiro atoms. The van der Waals surface area contributed by atoms with E-state index in [4.69, 9.17) is 4.74 Å². The molecule has 0 bridgehead atoms. The molecule has 0 saturated heterocycles. The number of nitrogens with zero attached hydrogens (tertiary/aromatic N) is 1. The third kappa shape index (κ3) is 2.95. The summed E-state index contributed by atoms with van der Waals surface area (Å²) in [6.45, 7) is 2.10. The Morgan fingerprint density at radius 3 is 2.68 bits per heavy atom. The molecule has 1 heterocycles. The quantitative estimate of drug-likeness (QED) is 0.908. The second kappa shape index (κ2) is 6.66. The Balaban J connectivity index is 1.94. The molecule has 1 atom stereocenters. The van der Waals surface area contributed by atoms with Crippen molar-refractivity contribution >= 4 is 10.9 Å². The van der Waals surface area contributed by atoms with Gasteiger partial charge in [0.15, 0.2) is 0 Å². The predicted molar refractivity (Wildman–Crippen MR) is 89.2 cm³/mol. The lowest BCUT2D eigenvalue weighted by atomic mass is 9.82. The summed E-state index contributed by atoms with van der Waals surface area (Å²) < 4.78 is 5.36. The largest absolute Gasteiger partial charge is 0.481 e. The van der Waals surface area contributed by atoms with Crippen molar-refractivity contribution in [2.24, 2.45) is 5.92 Å². The van der Waals surface area contributed by atoms with Gasteiger partial charge in [-0.15, -0.1) is 0 Å². The molecule has 1 aromatic carbocycles. The molecule has 1 aromatic heterocycles. The SMILES string of the molecule is CCc1cc2cc(C(O)C3CCCCC3)ccc2nc1OC. The van der Waals surface area contributed by atoms with Crippen LogP contribution in [-0.4, -0.2) is 17.2 Å². The van der Waals surface area contributed by atoms with Gasteiger partial charge in [-0.05, 0) is 48.9 Å². The fraction of sp³-hybridized carbons (Fsp3) is 0.526. The van der Waals surface area contributed by atoms with Gasteiger partial charge in [0.05, 0.1) is 18.7 Å². The van der Waals surface area contributed by atoms with E-state index in [1.165, 1.54) is 19.3 Å². The summed E-state index contributed by atoms with van der Waals surface area (Å²) >= 11 is 0. The molecule has 1 aliphatic rings. The molecule has 3 rings (SSSR count). The number of hydrogen-bond donors (Lipinski definition) is 1. The first kappa shape index (κ1) is 15.3. The van der Waals surface area contributed by atoms with Crippen molar-refractivity contribution in [1.29, 1.82) is 0 Å². The van der Waals surface area contributed by atoms with Gasteiger partial charge in [0.2, 0.25) is 5.88 Å². The minimum atomic E-state index is -0.350. The zero-order valence-electron chi connectivity index (χ0n) is 13.5. The summed E-state index contributed by atoms with van der Waals surface area (Å²) in [5.74, 6) is 1.11. The third-order valence-corrected chi connectivity index (χ3v) is 4.89. The van der Waals surface area contributed by atoms with Gasteiger partial charge in [-0.3, -0.25) is 0 Å². The first-order valence-corrected chi connectivity index (χ1v) is 8.38. The van der Waals surface area contributed by atoms with E-state index in [9.17, 15) is 5.11 Å². The summed E-state index contributed by atoms with van der Waals surface area (Å²) in [6, 6.07) is 8.25. The van der Waals surface area contributed by atoms with E-state index >= 15 is 0 Å². The molecule has 1 saturated carbocycles. The molecule has 1 unspecified atom stereocenters. The first-order valence-electron chi connectivity index (χ1n) is 8.38. The van der Waals surface area contributed by atoms with Crippen molar-refractivity contribution in [3.05, 3.63) is 35.4 Å². The van der Waals surface area contributed by atoms with E-state index in [1.54, 1.807) is 7.11 Å². The van der Waals surface area contributed by atoms with Crippen molar-refractivity contribution in [2.75, 3.05) is 7.11 Å². The van der Waals surface area contributed by atoms with Crippen molar-refractivity contribution in [2.45, 2.75) is 51.6 Å². The Hall–Kier alpha value is -1.61. The molecule has 2 aromatic rings. The first-order chi connectivity index (χ1) is 10.7. The van der Waals surface area contributed by atoms with Crippen LogP contribution in [0.25, 0.3) is 10.9 Å². The second-order valence-electron chi connectivity index (χ2n) is 6.31. The highest BCUT2D eigenvalue weighted by Crippen LogP contribution is 2.35. The highest BCUT2D eigenvalue weighted by atomic mass is 16.5. The molecular formula is C19H25NO2. The lowest BCUT2D eigenvalue weighted by Crippen LogP contribution is -2.15. The van der Waals surface area contributed by atoms with E-state index in [2.05, 4.69) is 24.0 Å². The summed E-state index contributed by atoms with van der Waals surface area (Å²) in [6.07, 6.45) is 6.62. The minimum Gasteiger partial charge on any atom is -0.481 e. The Morgan fingerprint density at radius 1 is 1.23 bits per heavy atom. The molecule has 0 aliphatic heterocycles.